The summed E-state index contributed by atoms with van der Waals surface area (Å²) in [6, 6.07) is 8.09. The highest BCUT2D eigenvalue weighted by Gasteiger charge is 2.52. The number of carboxylic acids is 1. The van der Waals surface area contributed by atoms with E-state index in [1.165, 1.54) is 0 Å². The number of amides is 2. The van der Waals surface area contributed by atoms with Gasteiger partial charge in [0.05, 0.1) is 18.5 Å². The summed E-state index contributed by atoms with van der Waals surface area (Å²) in [7, 11) is 0. The first-order valence-electron chi connectivity index (χ1n) is 5.31. The molecule has 0 bridgehead atoms. The summed E-state index contributed by atoms with van der Waals surface area (Å²) in [5.74, 6) is -2.82. The zero-order valence-corrected chi connectivity index (χ0v) is 9.37. The normalized spacial score (nSPS) is 23.5. The highest BCUT2D eigenvalue weighted by atomic mass is 16.4. The molecule has 2 amide bonds. The Kier molecular flexibility index (Phi) is 2.88. The lowest BCUT2D eigenvalue weighted by Crippen LogP contribution is -2.42. The number of nitrogens with zero attached hydrogens (tertiary/aromatic N) is 1. The molecule has 6 nitrogen and oxygen atoms in total. The number of carbonyl (C=O) groups excluding carboxylic acids is 2. The van der Waals surface area contributed by atoms with Gasteiger partial charge in [-0.1, -0.05) is 18.2 Å². The van der Waals surface area contributed by atoms with Crippen molar-refractivity contribution < 1.29 is 24.6 Å². The predicted octanol–water partition coefficient (Wildman–Crippen LogP) is 0.156. The van der Waals surface area contributed by atoms with Crippen molar-refractivity contribution in [2.75, 3.05) is 4.90 Å². The lowest BCUT2D eigenvalue weighted by Gasteiger charge is -2.19. The third-order valence-electron chi connectivity index (χ3n) is 2.75. The van der Waals surface area contributed by atoms with Crippen LogP contribution in [0.3, 0.4) is 0 Å². The highest BCUT2D eigenvalue weighted by molar-refractivity contribution is 6.24. The van der Waals surface area contributed by atoms with Crippen LogP contribution < -0.4 is 4.90 Å². The SMILES string of the molecule is O=C(O)C[C@]1(O)CC(=O)N(c2ccccc2)C1=O. The van der Waals surface area contributed by atoms with E-state index in [1.807, 2.05) is 0 Å². The molecule has 0 aromatic heterocycles. The molecule has 1 aromatic rings. The van der Waals surface area contributed by atoms with Gasteiger partial charge in [0, 0.05) is 0 Å². The van der Waals surface area contributed by atoms with Gasteiger partial charge in [-0.05, 0) is 12.1 Å². The summed E-state index contributed by atoms with van der Waals surface area (Å²) < 4.78 is 0. The van der Waals surface area contributed by atoms with Gasteiger partial charge in [-0.2, -0.15) is 0 Å². The maximum Gasteiger partial charge on any atom is 0.306 e. The zero-order chi connectivity index (χ0) is 13.3. The van der Waals surface area contributed by atoms with E-state index in [4.69, 9.17) is 5.11 Å². The van der Waals surface area contributed by atoms with E-state index in [2.05, 4.69) is 0 Å². The first kappa shape index (κ1) is 12.3. The average molecular weight is 249 g/mol. The van der Waals surface area contributed by atoms with E-state index < -0.39 is 36.2 Å². The Balaban J connectivity index is 2.33. The molecular formula is C12H11NO5. The van der Waals surface area contributed by atoms with E-state index in [1.54, 1.807) is 30.3 Å². The zero-order valence-electron chi connectivity index (χ0n) is 9.37. The number of hydrogen-bond acceptors (Lipinski definition) is 4. The standard InChI is InChI=1S/C12H11NO5/c14-9-6-12(18,7-10(15)16)11(17)13(9)8-4-2-1-3-5-8/h1-5,18H,6-7H2,(H,15,16)/t12-/m1/s1. The van der Waals surface area contributed by atoms with Crippen LogP contribution in [0, 0.1) is 0 Å². The first-order chi connectivity index (χ1) is 8.44. The van der Waals surface area contributed by atoms with Crippen LogP contribution in [0.2, 0.25) is 0 Å². The van der Waals surface area contributed by atoms with Gasteiger partial charge in [0.15, 0.2) is 5.60 Å². The van der Waals surface area contributed by atoms with Crippen LogP contribution in [-0.2, 0) is 14.4 Å². The number of hydrogen-bond donors (Lipinski definition) is 2. The van der Waals surface area contributed by atoms with Crippen molar-refractivity contribution in [3.63, 3.8) is 0 Å². The molecule has 1 aliphatic heterocycles. The minimum Gasteiger partial charge on any atom is -0.481 e. The molecule has 1 heterocycles. The van der Waals surface area contributed by atoms with Crippen LogP contribution in [0.1, 0.15) is 12.8 Å². The largest absolute Gasteiger partial charge is 0.481 e. The fourth-order valence-corrected chi connectivity index (χ4v) is 1.95. The molecular weight excluding hydrogens is 238 g/mol. The molecule has 1 aromatic carbocycles. The van der Waals surface area contributed by atoms with Gasteiger partial charge >= 0.3 is 5.97 Å². The second-order valence-corrected chi connectivity index (χ2v) is 4.15. The topological polar surface area (TPSA) is 94.9 Å². The number of imide groups is 1. The maximum absolute atomic E-state index is 12.0. The van der Waals surface area contributed by atoms with Crippen molar-refractivity contribution in [3.8, 4) is 0 Å². The van der Waals surface area contributed by atoms with Gasteiger partial charge in [0.25, 0.3) is 5.91 Å². The molecule has 0 unspecified atom stereocenters. The van der Waals surface area contributed by atoms with E-state index >= 15 is 0 Å². The minimum atomic E-state index is -2.14. The van der Waals surface area contributed by atoms with Gasteiger partial charge in [0.1, 0.15) is 0 Å². The molecule has 2 rings (SSSR count). The van der Waals surface area contributed by atoms with E-state index in [-0.39, 0.29) is 0 Å². The molecule has 0 saturated carbocycles. The summed E-state index contributed by atoms with van der Waals surface area (Å²) in [4.78, 5) is 35.1. The van der Waals surface area contributed by atoms with Gasteiger partial charge in [0.2, 0.25) is 5.91 Å². The first-order valence-corrected chi connectivity index (χ1v) is 5.31. The number of rotatable bonds is 3. The van der Waals surface area contributed by atoms with Crippen LogP contribution in [0.15, 0.2) is 30.3 Å². The van der Waals surface area contributed by atoms with E-state index in [0.717, 1.165) is 4.90 Å². The van der Waals surface area contributed by atoms with Crippen molar-refractivity contribution in [2.45, 2.75) is 18.4 Å². The molecule has 1 aliphatic rings. The van der Waals surface area contributed by atoms with Gasteiger partial charge in [-0.3, -0.25) is 14.4 Å². The van der Waals surface area contributed by atoms with Crippen LogP contribution >= 0.6 is 0 Å². The van der Waals surface area contributed by atoms with Crippen molar-refractivity contribution in [1.29, 1.82) is 0 Å². The van der Waals surface area contributed by atoms with Crippen molar-refractivity contribution in [1.82, 2.24) is 0 Å². The predicted molar refractivity (Wildman–Crippen MR) is 60.8 cm³/mol. The number of carboxylic acid groups (broad SMARTS) is 1. The molecule has 0 spiro atoms. The smallest absolute Gasteiger partial charge is 0.306 e. The molecule has 0 radical (unpaired) electrons. The summed E-state index contributed by atoms with van der Waals surface area (Å²) in [5, 5.41) is 18.6. The molecule has 0 aliphatic carbocycles. The molecule has 2 N–H and O–H groups in total. The number of para-hydroxylation sites is 1. The molecule has 6 heteroatoms. The Morgan fingerprint density at radius 3 is 2.44 bits per heavy atom. The fourth-order valence-electron chi connectivity index (χ4n) is 1.95. The highest BCUT2D eigenvalue weighted by Crippen LogP contribution is 2.31. The molecule has 1 saturated heterocycles. The lowest BCUT2D eigenvalue weighted by molar-refractivity contribution is -0.148. The number of carbonyl (C=O) groups is 3. The van der Waals surface area contributed by atoms with Crippen molar-refractivity contribution in [2.24, 2.45) is 0 Å². The number of aliphatic hydroxyl groups is 1. The third kappa shape index (κ3) is 1.98. The average Bonchev–Trinajstić information content (AvgIpc) is 2.49. The van der Waals surface area contributed by atoms with E-state index in [0.29, 0.717) is 5.69 Å². The summed E-state index contributed by atoms with van der Waals surface area (Å²) >= 11 is 0. The Labute approximate surface area is 102 Å². The quantitative estimate of drug-likeness (QED) is 0.744. The third-order valence-corrected chi connectivity index (χ3v) is 2.75. The number of anilines is 1. The minimum absolute atomic E-state index is 0.328. The van der Waals surface area contributed by atoms with Crippen LogP contribution in [0.25, 0.3) is 0 Å². The summed E-state index contributed by atoms with van der Waals surface area (Å²) in [6.45, 7) is 0. The second-order valence-electron chi connectivity index (χ2n) is 4.15. The summed E-state index contributed by atoms with van der Waals surface area (Å²) in [6.07, 6.45) is -1.28. The Morgan fingerprint density at radius 2 is 1.89 bits per heavy atom. The van der Waals surface area contributed by atoms with Crippen LogP contribution in [0.5, 0.6) is 0 Å². The number of aliphatic carboxylic acids is 1. The second kappa shape index (κ2) is 4.23. The molecule has 1 atom stereocenters. The van der Waals surface area contributed by atoms with Crippen LogP contribution in [0.4, 0.5) is 5.69 Å². The Morgan fingerprint density at radius 1 is 1.28 bits per heavy atom. The molecule has 94 valence electrons. The van der Waals surface area contributed by atoms with E-state index in [9.17, 15) is 19.5 Å². The summed E-state index contributed by atoms with van der Waals surface area (Å²) in [5.41, 5.74) is -1.81. The Bertz CT molecular complexity index is 512. The Hall–Kier alpha value is -2.21. The van der Waals surface area contributed by atoms with Gasteiger partial charge < -0.3 is 10.2 Å². The van der Waals surface area contributed by atoms with Crippen molar-refractivity contribution >= 4 is 23.5 Å². The maximum atomic E-state index is 12.0. The van der Waals surface area contributed by atoms with Gasteiger partial charge in [-0.25, -0.2) is 4.90 Å². The van der Waals surface area contributed by atoms with Gasteiger partial charge in [-0.15, -0.1) is 0 Å². The molecule has 1 fully saturated rings. The van der Waals surface area contributed by atoms with Crippen LogP contribution in [-0.4, -0.2) is 33.6 Å². The lowest BCUT2D eigenvalue weighted by atomic mass is 9.98. The fraction of sp³-hybridized carbons (Fsp3) is 0.250. The number of benzene rings is 1. The molecule has 18 heavy (non-hydrogen) atoms. The van der Waals surface area contributed by atoms with Crippen molar-refractivity contribution in [3.05, 3.63) is 30.3 Å². The monoisotopic (exact) mass is 249 g/mol.